The number of rotatable bonds is 5. The number of hydroxylamine groups is 2. The van der Waals surface area contributed by atoms with E-state index < -0.39 is 0 Å². The van der Waals surface area contributed by atoms with Gasteiger partial charge in [-0.2, -0.15) is 0 Å². The van der Waals surface area contributed by atoms with Crippen LogP contribution < -0.4 is 5.32 Å². The second-order valence-corrected chi connectivity index (χ2v) is 4.48. The number of amides is 1. The molecule has 0 aromatic rings. The summed E-state index contributed by atoms with van der Waals surface area (Å²) in [7, 11) is 4.53. The lowest BCUT2D eigenvalue weighted by Crippen LogP contribution is -2.39. The first-order valence-corrected chi connectivity index (χ1v) is 5.19. The smallest absolute Gasteiger partial charge is 0.259 e. The molecule has 5 heteroatoms. The lowest BCUT2D eigenvalue weighted by molar-refractivity contribution is -0.167. The average Bonchev–Trinajstić information content (AvgIpc) is 2.68. The fourth-order valence-corrected chi connectivity index (χ4v) is 2.33. The van der Waals surface area contributed by atoms with Gasteiger partial charge >= 0.3 is 0 Å². The first kappa shape index (κ1) is 9.99. The molecule has 1 heterocycles. The molecule has 0 spiro atoms. The molecule has 0 radical (unpaired) electrons. The Morgan fingerprint density at radius 1 is 1.79 bits per heavy atom. The van der Waals surface area contributed by atoms with Gasteiger partial charge in [0.1, 0.15) is 7.28 Å². The molecule has 1 saturated carbocycles. The van der Waals surface area contributed by atoms with Crippen molar-refractivity contribution >= 4 is 13.2 Å². The lowest BCUT2D eigenvalue weighted by Gasteiger charge is -2.25. The Morgan fingerprint density at radius 2 is 2.57 bits per heavy atom. The highest BCUT2D eigenvalue weighted by Crippen LogP contribution is 2.68. The van der Waals surface area contributed by atoms with Crippen LogP contribution in [0.1, 0.15) is 6.42 Å². The number of carbonyl (C=O) groups excluding carboxylic acids is 1. The minimum atomic E-state index is -0.0135. The van der Waals surface area contributed by atoms with Crippen molar-refractivity contribution in [3.63, 3.8) is 0 Å². The summed E-state index contributed by atoms with van der Waals surface area (Å²) in [6.45, 7) is 1.39. The SMILES string of the molecule is CON(C)C(=O)CNCC12CBC1C2. The molecule has 1 aliphatic heterocycles. The molecule has 2 aliphatic rings. The van der Waals surface area contributed by atoms with Gasteiger partial charge in [0, 0.05) is 13.6 Å². The molecule has 4 nitrogen and oxygen atoms in total. The second-order valence-electron chi connectivity index (χ2n) is 4.48. The Kier molecular flexibility index (Phi) is 2.53. The summed E-state index contributed by atoms with van der Waals surface area (Å²) in [5, 5.41) is 4.47. The lowest BCUT2D eigenvalue weighted by atomic mass is 9.51. The molecular weight excluding hydrogens is 179 g/mol. The van der Waals surface area contributed by atoms with Crippen molar-refractivity contribution in [3.05, 3.63) is 0 Å². The second kappa shape index (κ2) is 3.55. The molecule has 1 saturated heterocycles. The maximum Gasteiger partial charge on any atom is 0.259 e. The zero-order valence-electron chi connectivity index (χ0n) is 8.88. The van der Waals surface area contributed by atoms with E-state index in [0.717, 1.165) is 12.4 Å². The third kappa shape index (κ3) is 1.66. The highest BCUT2D eigenvalue weighted by atomic mass is 16.7. The fraction of sp³-hybridized carbons (Fsp3) is 0.889. The molecule has 2 fully saturated rings. The molecule has 1 N–H and O–H groups in total. The van der Waals surface area contributed by atoms with Crippen LogP contribution in [0.2, 0.25) is 12.1 Å². The summed E-state index contributed by atoms with van der Waals surface area (Å²) in [6, 6.07) is 0. The van der Waals surface area contributed by atoms with Gasteiger partial charge in [-0.15, -0.1) is 0 Å². The molecule has 0 bridgehead atoms. The minimum Gasteiger partial charge on any atom is -0.308 e. The molecule has 0 aromatic carbocycles. The maximum absolute atomic E-state index is 11.3. The van der Waals surface area contributed by atoms with Gasteiger partial charge in [0.25, 0.3) is 5.91 Å². The predicted molar refractivity (Wildman–Crippen MR) is 55.4 cm³/mol. The molecule has 0 aromatic heterocycles. The van der Waals surface area contributed by atoms with Crippen molar-refractivity contribution in [2.75, 3.05) is 27.2 Å². The van der Waals surface area contributed by atoms with Gasteiger partial charge in [-0.05, 0) is 5.41 Å². The third-order valence-electron chi connectivity index (χ3n) is 3.73. The fourth-order valence-electron chi connectivity index (χ4n) is 2.33. The highest BCUT2D eigenvalue weighted by molar-refractivity contribution is 6.45. The average molecular weight is 196 g/mol. The monoisotopic (exact) mass is 196 g/mol. The van der Waals surface area contributed by atoms with Crippen molar-refractivity contribution in [1.82, 2.24) is 10.4 Å². The summed E-state index contributed by atoms with van der Waals surface area (Å²) in [5.41, 5.74) is 0.589. The predicted octanol–water partition coefficient (Wildman–Crippen LogP) is -0.357. The quantitative estimate of drug-likeness (QED) is 0.482. The number of hydrogen-bond donors (Lipinski definition) is 1. The molecule has 78 valence electrons. The maximum atomic E-state index is 11.3. The summed E-state index contributed by atoms with van der Waals surface area (Å²) < 4.78 is 0. The van der Waals surface area contributed by atoms with Crippen LogP contribution in [0.4, 0.5) is 0 Å². The van der Waals surface area contributed by atoms with Gasteiger partial charge in [-0.25, -0.2) is 5.06 Å². The van der Waals surface area contributed by atoms with Gasteiger partial charge in [0.2, 0.25) is 0 Å². The van der Waals surface area contributed by atoms with Crippen molar-refractivity contribution < 1.29 is 9.63 Å². The number of hydrogen-bond acceptors (Lipinski definition) is 3. The summed E-state index contributed by atoms with van der Waals surface area (Å²) in [6.07, 6.45) is 2.72. The Bertz CT molecular complexity index is 245. The summed E-state index contributed by atoms with van der Waals surface area (Å²) >= 11 is 0. The number of nitrogens with one attached hydrogen (secondary N) is 1. The minimum absolute atomic E-state index is 0.0135. The zero-order chi connectivity index (χ0) is 10.2. The summed E-state index contributed by atoms with van der Waals surface area (Å²) in [4.78, 5) is 16.1. The summed E-state index contributed by atoms with van der Waals surface area (Å²) in [5.74, 6) is 0.950. The van der Waals surface area contributed by atoms with Crippen molar-refractivity contribution in [2.45, 2.75) is 18.6 Å². The zero-order valence-corrected chi connectivity index (χ0v) is 8.88. The largest absolute Gasteiger partial charge is 0.308 e. The van der Waals surface area contributed by atoms with Crippen LogP contribution in [-0.4, -0.2) is 45.5 Å². The number of likely N-dealkylation sites (N-methyl/N-ethyl adjacent to an activating group) is 1. The van der Waals surface area contributed by atoms with E-state index in [2.05, 4.69) is 5.32 Å². The Balaban J connectivity index is 1.61. The van der Waals surface area contributed by atoms with E-state index >= 15 is 0 Å². The molecular formula is C9H17BN2O2. The van der Waals surface area contributed by atoms with Crippen molar-refractivity contribution in [2.24, 2.45) is 5.41 Å². The molecule has 2 rings (SSSR count). The third-order valence-corrected chi connectivity index (χ3v) is 3.73. The molecule has 2 unspecified atom stereocenters. The number of fused-ring (bicyclic) bond motifs is 1. The molecule has 1 amide bonds. The topological polar surface area (TPSA) is 41.6 Å². The van der Waals surface area contributed by atoms with Crippen LogP contribution >= 0.6 is 0 Å². The van der Waals surface area contributed by atoms with E-state index in [4.69, 9.17) is 4.84 Å². The van der Waals surface area contributed by atoms with E-state index in [1.54, 1.807) is 7.05 Å². The van der Waals surface area contributed by atoms with Gasteiger partial charge in [-0.3, -0.25) is 9.63 Å². The molecule has 14 heavy (non-hydrogen) atoms. The Labute approximate surface area is 85.2 Å². The van der Waals surface area contributed by atoms with Crippen LogP contribution in [-0.2, 0) is 9.63 Å². The van der Waals surface area contributed by atoms with Crippen LogP contribution in [0.15, 0.2) is 0 Å². The first-order valence-electron chi connectivity index (χ1n) is 5.19. The Morgan fingerprint density at radius 3 is 3.00 bits per heavy atom. The van der Waals surface area contributed by atoms with E-state index in [1.807, 2.05) is 0 Å². The van der Waals surface area contributed by atoms with E-state index in [0.29, 0.717) is 12.0 Å². The van der Waals surface area contributed by atoms with Crippen LogP contribution in [0, 0.1) is 5.41 Å². The molecule has 1 aliphatic carbocycles. The van der Waals surface area contributed by atoms with E-state index in [1.165, 1.54) is 32.2 Å². The molecule has 2 atom stereocenters. The number of nitrogens with zero attached hydrogens (tertiary/aromatic N) is 1. The normalized spacial score (nSPS) is 32.6. The van der Waals surface area contributed by atoms with Gasteiger partial charge < -0.3 is 5.32 Å². The number of carbonyl (C=O) groups is 1. The van der Waals surface area contributed by atoms with Gasteiger partial charge in [0.05, 0.1) is 13.7 Å². The van der Waals surface area contributed by atoms with Crippen molar-refractivity contribution in [3.8, 4) is 0 Å². The van der Waals surface area contributed by atoms with Crippen molar-refractivity contribution in [1.29, 1.82) is 0 Å². The van der Waals surface area contributed by atoms with Gasteiger partial charge in [-0.1, -0.05) is 18.6 Å². The Hall–Kier alpha value is -0.545. The van der Waals surface area contributed by atoms with Crippen LogP contribution in [0.25, 0.3) is 0 Å². The van der Waals surface area contributed by atoms with E-state index in [9.17, 15) is 4.79 Å². The standard InChI is InChI=1S/C9H17BN2O2/c1-12(14-2)8(13)4-11-6-9-3-7(9)10-5-9/h7,10-11H,3-6H2,1-2H3. The van der Waals surface area contributed by atoms with E-state index in [-0.39, 0.29) is 5.91 Å². The highest BCUT2D eigenvalue weighted by Gasteiger charge is 2.60. The van der Waals surface area contributed by atoms with Crippen LogP contribution in [0.5, 0.6) is 0 Å². The van der Waals surface area contributed by atoms with Crippen LogP contribution in [0.3, 0.4) is 0 Å². The first-order chi connectivity index (χ1) is 6.68. The van der Waals surface area contributed by atoms with Gasteiger partial charge in [0.15, 0.2) is 0 Å².